The molecule has 5 rings (SSSR count). The maximum absolute atomic E-state index is 14.0. The first-order valence-corrected chi connectivity index (χ1v) is 11.4. The van der Waals surface area contributed by atoms with Crippen LogP contribution in [0, 0.1) is 23.1 Å². The Balaban J connectivity index is 1.60. The summed E-state index contributed by atoms with van der Waals surface area (Å²) in [5.74, 6) is -3.01. The molecule has 2 heterocycles. The van der Waals surface area contributed by atoms with Gasteiger partial charge in [0.1, 0.15) is 11.5 Å². The van der Waals surface area contributed by atoms with E-state index in [-0.39, 0.29) is 5.69 Å². The SMILES string of the molecule is N#CC(C(=O)Nc1ccccc1)C(=O)c1nn(-c2cccc(F)c2)c2c1CSc1ccccc1-2. The van der Waals surface area contributed by atoms with Crippen LogP contribution in [0.1, 0.15) is 16.1 Å². The number of nitriles is 1. The van der Waals surface area contributed by atoms with E-state index in [0.29, 0.717) is 28.4 Å². The Hall–Kier alpha value is -4.22. The van der Waals surface area contributed by atoms with Crippen molar-refractivity contribution in [1.29, 1.82) is 5.26 Å². The number of rotatable bonds is 5. The van der Waals surface area contributed by atoms with Gasteiger partial charge in [-0.1, -0.05) is 42.5 Å². The standard InChI is InChI=1S/C26H17FN4O2S/c27-16-7-6-10-18(13-16)31-24-19-11-4-5-12-22(19)34-15-21(24)23(30-31)25(32)20(14-28)26(33)29-17-8-2-1-3-9-17/h1-13,20H,15H2,(H,29,33). The van der Waals surface area contributed by atoms with Crippen LogP contribution in [0.5, 0.6) is 0 Å². The van der Waals surface area contributed by atoms with Gasteiger partial charge in [0.2, 0.25) is 11.7 Å². The van der Waals surface area contributed by atoms with E-state index >= 15 is 0 Å². The van der Waals surface area contributed by atoms with Crippen molar-refractivity contribution >= 4 is 29.1 Å². The number of nitrogens with zero attached hydrogens (tertiary/aromatic N) is 3. The minimum atomic E-state index is -1.58. The number of para-hydroxylation sites is 1. The van der Waals surface area contributed by atoms with Gasteiger partial charge in [-0.3, -0.25) is 9.59 Å². The van der Waals surface area contributed by atoms with Gasteiger partial charge in [0.15, 0.2) is 5.92 Å². The number of Topliss-reactive ketones (excluding diaryl/α,β-unsaturated/α-hetero) is 1. The number of thioether (sulfide) groups is 1. The third-order valence-corrected chi connectivity index (χ3v) is 6.58. The summed E-state index contributed by atoms with van der Waals surface area (Å²) in [7, 11) is 0. The van der Waals surface area contributed by atoms with Crippen LogP contribution < -0.4 is 5.32 Å². The summed E-state index contributed by atoms with van der Waals surface area (Å²) in [6.07, 6.45) is 0. The molecule has 0 saturated heterocycles. The molecule has 3 aromatic carbocycles. The fourth-order valence-electron chi connectivity index (χ4n) is 3.90. The van der Waals surface area contributed by atoms with E-state index in [2.05, 4.69) is 10.4 Å². The van der Waals surface area contributed by atoms with Crippen molar-refractivity contribution in [1.82, 2.24) is 9.78 Å². The predicted octanol–water partition coefficient (Wildman–Crippen LogP) is 5.25. The molecule has 1 aliphatic rings. The van der Waals surface area contributed by atoms with Crippen molar-refractivity contribution in [3.63, 3.8) is 0 Å². The Bertz CT molecular complexity index is 1460. The monoisotopic (exact) mass is 468 g/mol. The lowest BCUT2D eigenvalue weighted by molar-refractivity contribution is -0.117. The van der Waals surface area contributed by atoms with Crippen LogP contribution in [-0.4, -0.2) is 21.5 Å². The molecule has 1 unspecified atom stereocenters. The topological polar surface area (TPSA) is 87.8 Å². The molecular formula is C26H17FN4O2S. The number of carbonyl (C=O) groups excluding carboxylic acids is 2. The number of ketones is 1. The van der Waals surface area contributed by atoms with Gasteiger partial charge in [-0.15, -0.1) is 11.8 Å². The average Bonchev–Trinajstić information content (AvgIpc) is 3.25. The van der Waals surface area contributed by atoms with Gasteiger partial charge < -0.3 is 5.32 Å². The molecule has 0 bridgehead atoms. The second kappa shape index (κ2) is 8.96. The van der Waals surface area contributed by atoms with Crippen molar-refractivity contribution in [3.05, 3.63) is 95.9 Å². The van der Waals surface area contributed by atoms with E-state index in [1.165, 1.54) is 16.8 Å². The first-order chi connectivity index (χ1) is 16.6. The number of amides is 1. The molecule has 0 radical (unpaired) electrons. The maximum atomic E-state index is 14.0. The summed E-state index contributed by atoms with van der Waals surface area (Å²) in [6.45, 7) is 0. The Morgan fingerprint density at radius 1 is 1.06 bits per heavy atom. The van der Waals surface area contributed by atoms with Crippen molar-refractivity contribution in [2.45, 2.75) is 10.6 Å². The lowest BCUT2D eigenvalue weighted by Gasteiger charge is -2.18. The molecule has 166 valence electrons. The van der Waals surface area contributed by atoms with Crippen molar-refractivity contribution in [3.8, 4) is 23.0 Å². The predicted molar refractivity (Wildman–Crippen MR) is 127 cm³/mol. The molecule has 6 nitrogen and oxygen atoms in total. The first-order valence-electron chi connectivity index (χ1n) is 10.5. The average molecular weight is 469 g/mol. The number of carbonyl (C=O) groups is 2. The zero-order valence-electron chi connectivity index (χ0n) is 17.7. The third kappa shape index (κ3) is 3.87. The van der Waals surface area contributed by atoms with Crippen molar-refractivity contribution in [2.24, 2.45) is 5.92 Å². The number of anilines is 1. The highest BCUT2D eigenvalue weighted by Gasteiger charge is 2.35. The molecule has 1 atom stereocenters. The van der Waals surface area contributed by atoms with E-state index in [1.807, 2.05) is 30.3 Å². The molecular weight excluding hydrogens is 451 g/mol. The highest BCUT2D eigenvalue weighted by Crippen LogP contribution is 2.44. The van der Waals surface area contributed by atoms with Gasteiger partial charge >= 0.3 is 0 Å². The number of hydrogen-bond donors (Lipinski definition) is 1. The first kappa shape index (κ1) is 21.6. The normalized spacial score (nSPS) is 12.7. The fraction of sp³-hybridized carbons (Fsp3) is 0.0769. The quantitative estimate of drug-likeness (QED) is 0.319. The lowest BCUT2D eigenvalue weighted by atomic mass is 9.97. The van der Waals surface area contributed by atoms with Gasteiger partial charge in [-0.05, 0) is 36.4 Å². The second-order valence-electron chi connectivity index (χ2n) is 7.63. The molecule has 0 saturated carbocycles. The molecule has 8 heteroatoms. The Labute approximate surface area is 199 Å². The number of nitrogens with one attached hydrogen (secondary N) is 1. The Kier molecular flexibility index (Phi) is 5.70. The van der Waals surface area contributed by atoms with Crippen molar-refractivity contribution < 1.29 is 14.0 Å². The van der Waals surface area contributed by atoms with Crippen LogP contribution in [0.3, 0.4) is 0 Å². The molecule has 1 N–H and O–H groups in total. The van der Waals surface area contributed by atoms with Gasteiger partial charge in [0.25, 0.3) is 0 Å². The molecule has 0 spiro atoms. The lowest BCUT2D eigenvalue weighted by Crippen LogP contribution is -2.29. The van der Waals surface area contributed by atoms with Crippen molar-refractivity contribution in [2.75, 3.05) is 5.32 Å². The highest BCUT2D eigenvalue weighted by molar-refractivity contribution is 7.98. The van der Waals surface area contributed by atoms with Crippen LogP contribution in [0.4, 0.5) is 10.1 Å². The molecule has 1 aliphatic heterocycles. The van der Waals surface area contributed by atoms with E-state index in [4.69, 9.17) is 0 Å². The summed E-state index contributed by atoms with van der Waals surface area (Å²) in [6, 6.07) is 24.0. The molecule has 4 aromatic rings. The maximum Gasteiger partial charge on any atom is 0.249 e. The fourth-order valence-corrected chi connectivity index (χ4v) is 4.97. The summed E-state index contributed by atoms with van der Waals surface area (Å²) >= 11 is 1.54. The number of hydrogen-bond acceptors (Lipinski definition) is 5. The second-order valence-corrected chi connectivity index (χ2v) is 8.65. The Morgan fingerprint density at radius 2 is 1.82 bits per heavy atom. The number of benzene rings is 3. The largest absolute Gasteiger partial charge is 0.325 e. The number of aromatic nitrogens is 2. The molecule has 1 aromatic heterocycles. The summed E-state index contributed by atoms with van der Waals surface area (Å²) in [5, 5.41) is 16.8. The summed E-state index contributed by atoms with van der Waals surface area (Å²) < 4.78 is 15.6. The number of fused-ring (bicyclic) bond motifs is 3. The van der Waals surface area contributed by atoms with Gasteiger partial charge in [0, 0.05) is 27.5 Å². The minimum absolute atomic E-state index is 0.0380. The minimum Gasteiger partial charge on any atom is -0.325 e. The highest BCUT2D eigenvalue weighted by atomic mass is 32.2. The van der Waals surface area contributed by atoms with Crippen LogP contribution >= 0.6 is 11.8 Å². The van der Waals surface area contributed by atoms with Gasteiger partial charge in [-0.2, -0.15) is 10.4 Å². The van der Waals surface area contributed by atoms with Gasteiger partial charge in [-0.25, -0.2) is 9.07 Å². The van der Waals surface area contributed by atoms with E-state index in [0.717, 1.165) is 10.5 Å². The van der Waals surface area contributed by atoms with Crippen LogP contribution in [0.25, 0.3) is 16.9 Å². The van der Waals surface area contributed by atoms with Crippen LogP contribution in [0.2, 0.25) is 0 Å². The zero-order valence-corrected chi connectivity index (χ0v) is 18.6. The van der Waals surface area contributed by atoms with Gasteiger partial charge in [0.05, 0.1) is 17.5 Å². The molecule has 0 aliphatic carbocycles. The van der Waals surface area contributed by atoms with E-state index in [9.17, 15) is 19.2 Å². The third-order valence-electron chi connectivity index (χ3n) is 5.48. The molecule has 1 amide bonds. The Morgan fingerprint density at radius 3 is 2.59 bits per heavy atom. The summed E-state index contributed by atoms with van der Waals surface area (Å²) in [5.41, 5.74) is 3.09. The zero-order chi connectivity index (χ0) is 23.7. The number of halogens is 1. The van der Waals surface area contributed by atoms with Crippen LogP contribution in [0.15, 0.2) is 83.8 Å². The molecule has 34 heavy (non-hydrogen) atoms. The smallest absolute Gasteiger partial charge is 0.249 e. The van der Waals surface area contributed by atoms with E-state index < -0.39 is 23.4 Å². The van der Waals surface area contributed by atoms with E-state index in [1.54, 1.807) is 54.2 Å². The summed E-state index contributed by atoms with van der Waals surface area (Å²) in [4.78, 5) is 27.3. The van der Waals surface area contributed by atoms with Crippen LogP contribution in [-0.2, 0) is 10.5 Å². The molecule has 0 fully saturated rings.